The number of hydrogen-bond donors (Lipinski definition) is 0. The Bertz CT molecular complexity index is 711. The van der Waals surface area contributed by atoms with Gasteiger partial charge in [-0.3, -0.25) is 4.79 Å². The van der Waals surface area contributed by atoms with Gasteiger partial charge in [-0.25, -0.2) is 8.42 Å². The number of likely N-dealkylation sites (N-methyl/N-ethyl adjacent to an activating group) is 1. The van der Waals surface area contributed by atoms with Crippen LogP contribution in [0.1, 0.15) is 19.4 Å². The Hall–Kier alpha value is -2.02. The summed E-state index contributed by atoms with van der Waals surface area (Å²) in [4.78, 5) is 13.6. The van der Waals surface area contributed by atoms with Gasteiger partial charge >= 0.3 is 0 Å². The van der Waals surface area contributed by atoms with Crippen LogP contribution in [-0.2, 0) is 14.6 Å². The van der Waals surface area contributed by atoms with Gasteiger partial charge in [0.05, 0.1) is 5.75 Å². The van der Waals surface area contributed by atoms with Gasteiger partial charge in [0, 0.05) is 24.9 Å². The molecule has 1 heterocycles. The third kappa shape index (κ3) is 4.48. The molecular weight excluding hydrogens is 318 g/mol. The molecule has 0 saturated heterocycles. The lowest BCUT2D eigenvalue weighted by Gasteiger charge is -2.23. The van der Waals surface area contributed by atoms with Crippen molar-refractivity contribution in [3.05, 3.63) is 29.8 Å². The van der Waals surface area contributed by atoms with E-state index in [0.29, 0.717) is 11.5 Å². The van der Waals surface area contributed by atoms with Crippen LogP contribution in [0.15, 0.2) is 24.3 Å². The van der Waals surface area contributed by atoms with E-state index in [0.717, 1.165) is 5.56 Å². The van der Waals surface area contributed by atoms with Crippen LogP contribution < -0.4 is 9.47 Å². The zero-order chi connectivity index (χ0) is 17.0. The normalized spacial score (nSPS) is 14.9. The van der Waals surface area contributed by atoms with E-state index in [1.165, 1.54) is 11.0 Å². The Morgan fingerprint density at radius 3 is 2.74 bits per heavy atom. The van der Waals surface area contributed by atoms with Gasteiger partial charge in [0.15, 0.2) is 21.3 Å². The Balaban J connectivity index is 2.00. The van der Waals surface area contributed by atoms with Crippen molar-refractivity contribution in [2.75, 3.05) is 25.3 Å². The number of benzene rings is 1. The molecule has 2 rings (SSSR count). The topological polar surface area (TPSA) is 72.9 Å². The lowest BCUT2D eigenvalue weighted by Crippen LogP contribution is -2.38. The zero-order valence-corrected chi connectivity index (χ0v) is 14.3. The molecule has 0 N–H and O–H groups in total. The fraction of sp³-hybridized carbons (Fsp3) is 0.438. The van der Waals surface area contributed by atoms with E-state index < -0.39 is 9.84 Å². The van der Waals surface area contributed by atoms with Gasteiger partial charge in [0.2, 0.25) is 12.7 Å². The van der Waals surface area contributed by atoms with E-state index in [2.05, 4.69) is 0 Å². The smallest absolute Gasteiger partial charge is 0.246 e. The van der Waals surface area contributed by atoms with Crippen LogP contribution in [0.4, 0.5) is 0 Å². The summed E-state index contributed by atoms with van der Waals surface area (Å²) in [5, 5.41) is 0. The van der Waals surface area contributed by atoms with Crippen LogP contribution in [0.3, 0.4) is 0 Å². The number of nitrogens with zero attached hydrogens (tertiary/aromatic N) is 1. The predicted octanol–water partition coefficient (Wildman–Crippen LogP) is 1.71. The SMILES string of the molecule is CCS(=O)(=O)CC(C)N(C)C(=O)/C=C/c1ccc2c(c1)OCO2. The van der Waals surface area contributed by atoms with Gasteiger partial charge < -0.3 is 14.4 Å². The van der Waals surface area contributed by atoms with Crippen molar-refractivity contribution < 1.29 is 22.7 Å². The van der Waals surface area contributed by atoms with Crippen LogP contribution >= 0.6 is 0 Å². The summed E-state index contributed by atoms with van der Waals surface area (Å²) in [5.41, 5.74) is 0.810. The number of amides is 1. The van der Waals surface area contributed by atoms with Gasteiger partial charge in [-0.2, -0.15) is 0 Å². The largest absolute Gasteiger partial charge is 0.454 e. The van der Waals surface area contributed by atoms with Crippen LogP contribution in [0.2, 0.25) is 0 Å². The molecule has 0 fully saturated rings. The minimum absolute atomic E-state index is 0.0381. The summed E-state index contributed by atoms with van der Waals surface area (Å²) in [6.07, 6.45) is 3.09. The monoisotopic (exact) mass is 339 g/mol. The molecule has 1 aliphatic heterocycles. The third-order valence-electron chi connectivity index (χ3n) is 3.76. The first kappa shape index (κ1) is 17.3. The summed E-state index contributed by atoms with van der Waals surface area (Å²) >= 11 is 0. The van der Waals surface area contributed by atoms with Crippen molar-refractivity contribution in [3.63, 3.8) is 0 Å². The number of fused-ring (bicyclic) bond motifs is 1. The Morgan fingerprint density at radius 1 is 1.35 bits per heavy atom. The minimum Gasteiger partial charge on any atom is -0.454 e. The minimum atomic E-state index is -3.12. The van der Waals surface area contributed by atoms with Crippen molar-refractivity contribution in [1.29, 1.82) is 0 Å². The second kappa shape index (κ2) is 7.04. The van der Waals surface area contributed by atoms with Gasteiger partial charge in [0.25, 0.3) is 0 Å². The standard InChI is InChI=1S/C16H21NO5S/c1-4-23(19,20)10-12(2)17(3)16(18)8-6-13-5-7-14-15(9-13)22-11-21-14/h5-9,12H,4,10-11H2,1-3H3/b8-6+. The van der Waals surface area contributed by atoms with E-state index in [-0.39, 0.29) is 30.2 Å². The van der Waals surface area contributed by atoms with Crippen LogP contribution in [0.5, 0.6) is 11.5 Å². The number of carbonyl (C=O) groups is 1. The number of hydrogen-bond acceptors (Lipinski definition) is 5. The second-order valence-electron chi connectivity index (χ2n) is 5.44. The lowest BCUT2D eigenvalue weighted by molar-refractivity contribution is -0.126. The summed E-state index contributed by atoms with van der Waals surface area (Å²) in [5.74, 6) is 1.12. The maximum atomic E-state index is 12.2. The molecule has 1 aliphatic rings. The van der Waals surface area contributed by atoms with E-state index in [1.807, 2.05) is 6.07 Å². The summed E-state index contributed by atoms with van der Waals surface area (Å²) in [7, 11) is -1.52. The first-order chi connectivity index (χ1) is 10.8. The molecule has 0 spiro atoms. The Labute approximate surface area is 136 Å². The van der Waals surface area contributed by atoms with Crippen molar-refractivity contribution >= 4 is 21.8 Å². The van der Waals surface area contributed by atoms with E-state index in [4.69, 9.17) is 9.47 Å². The molecule has 0 aromatic heterocycles. The fourth-order valence-electron chi connectivity index (χ4n) is 2.12. The molecule has 1 atom stereocenters. The van der Waals surface area contributed by atoms with Gasteiger partial charge in [-0.15, -0.1) is 0 Å². The Kier molecular flexibility index (Phi) is 5.30. The summed E-state index contributed by atoms with van der Waals surface area (Å²) in [6, 6.07) is 5.01. The second-order valence-corrected chi connectivity index (χ2v) is 7.84. The number of carbonyl (C=O) groups excluding carboxylic acids is 1. The molecule has 0 bridgehead atoms. The van der Waals surface area contributed by atoms with Gasteiger partial charge in [-0.05, 0) is 30.7 Å². The van der Waals surface area contributed by atoms with Crippen molar-refractivity contribution in [2.45, 2.75) is 19.9 Å². The summed E-state index contributed by atoms with van der Waals surface area (Å²) < 4.78 is 33.8. The van der Waals surface area contributed by atoms with E-state index >= 15 is 0 Å². The molecular formula is C16H21NO5S. The molecule has 1 unspecified atom stereocenters. The molecule has 126 valence electrons. The molecule has 0 radical (unpaired) electrons. The molecule has 0 aliphatic carbocycles. The molecule has 1 aromatic rings. The van der Waals surface area contributed by atoms with Gasteiger partial charge in [0.1, 0.15) is 0 Å². The van der Waals surface area contributed by atoms with Crippen molar-refractivity contribution in [1.82, 2.24) is 4.90 Å². The van der Waals surface area contributed by atoms with Crippen LogP contribution in [0.25, 0.3) is 6.08 Å². The Morgan fingerprint density at radius 2 is 2.04 bits per heavy atom. The number of sulfone groups is 1. The van der Waals surface area contributed by atoms with Gasteiger partial charge in [-0.1, -0.05) is 13.0 Å². The molecule has 6 nitrogen and oxygen atoms in total. The molecule has 1 amide bonds. The zero-order valence-electron chi connectivity index (χ0n) is 13.5. The highest BCUT2D eigenvalue weighted by atomic mass is 32.2. The fourth-order valence-corrected chi connectivity index (χ4v) is 3.31. The number of rotatable bonds is 6. The molecule has 23 heavy (non-hydrogen) atoms. The number of ether oxygens (including phenoxy) is 2. The maximum absolute atomic E-state index is 12.2. The average molecular weight is 339 g/mol. The summed E-state index contributed by atoms with van der Waals surface area (Å²) in [6.45, 7) is 3.52. The third-order valence-corrected chi connectivity index (χ3v) is 5.63. The molecule has 1 aromatic carbocycles. The van der Waals surface area contributed by atoms with E-state index in [1.54, 1.807) is 39.1 Å². The quantitative estimate of drug-likeness (QED) is 0.738. The lowest BCUT2D eigenvalue weighted by atomic mass is 10.2. The first-order valence-electron chi connectivity index (χ1n) is 7.37. The molecule has 7 heteroatoms. The van der Waals surface area contributed by atoms with E-state index in [9.17, 15) is 13.2 Å². The predicted molar refractivity (Wildman–Crippen MR) is 88.2 cm³/mol. The highest BCUT2D eigenvalue weighted by molar-refractivity contribution is 7.91. The average Bonchev–Trinajstić information content (AvgIpc) is 2.99. The highest BCUT2D eigenvalue weighted by Gasteiger charge is 2.20. The van der Waals surface area contributed by atoms with Crippen molar-refractivity contribution in [3.8, 4) is 11.5 Å². The van der Waals surface area contributed by atoms with Crippen molar-refractivity contribution in [2.24, 2.45) is 0 Å². The first-order valence-corrected chi connectivity index (χ1v) is 9.19. The maximum Gasteiger partial charge on any atom is 0.246 e. The molecule has 0 saturated carbocycles. The highest BCUT2D eigenvalue weighted by Crippen LogP contribution is 2.32. The van der Waals surface area contributed by atoms with Crippen LogP contribution in [-0.4, -0.2) is 50.6 Å². The van der Waals surface area contributed by atoms with Crippen LogP contribution in [0, 0.1) is 0 Å².